The van der Waals surface area contributed by atoms with Crippen molar-refractivity contribution in [3.05, 3.63) is 19.5 Å². The number of rotatable bonds is 1. The number of ether oxygens (including phenoxy) is 1. The number of methoxy groups -OCH3 is 1. The molecule has 2 heterocycles. The van der Waals surface area contributed by atoms with E-state index in [1.807, 2.05) is 0 Å². The van der Waals surface area contributed by atoms with Crippen molar-refractivity contribution in [2.24, 2.45) is 9.63 Å². The van der Waals surface area contributed by atoms with E-state index in [2.05, 4.69) is 19.4 Å². The second-order valence-corrected chi connectivity index (χ2v) is 4.67. The Morgan fingerprint density at radius 1 is 1.59 bits per heavy atom. The highest BCUT2D eigenvalue weighted by Crippen LogP contribution is 2.22. The van der Waals surface area contributed by atoms with Gasteiger partial charge in [0.2, 0.25) is 0 Å². The minimum absolute atomic E-state index is 0.159. The average molecular weight is 270 g/mol. The van der Waals surface area contributed by atoms with Crippen LogP contribution in [0.3, 0.4) is 0 Å². The Morgan fingerprint density at radius 2 is 2.35 bits per heavy atom. The van der Waals surface area contributed by atoms with E-state index in [9.17, 15) is 9.59 Å². The van der Waals surface area contributed by atoms with Crippen molar-refractivity contribution in [2.75, 3.05) is 7.11 Å². The van der Waals surface area contributed by atoms with Crippen molar-refractivity contribution >= 4 is 46.1 Å². The molecule has 2 N–H and O–H groups in total. The lowest BCUT2D eigenvalue weighted by atomic mass is 10.5. The fourth-order valence-corrected chi connectivity index (χ4v) is 2.45. The highest BCUT2D eigenvalue weighted by Gasteiger charge is 2.14. The molecule has 0 aliphatic carbocycles. The SMILES string of the molecule is COC(=O)/C=c1\s/c(=C2/N=NSC2=N)[nH]c1=O. The highest BCUT2D eigenvalue weighted by atomic mass is 32.2. The molecule has 0 fully saturated rings. The Morgan fingerprint density at radius 3 is 2.94 bits per heavy atom. The van der Waals surface area contributed by atoms with Crippen LogP contribution in [0.2, 0.25) is 0 Å². The van der Waals surface area contributed by atoms with Gasteiger partial charge in [-0.15, -0.1) is 21.0 Å². The molecule has 0 amide bonds. The van der Waals surface area contributed by atoms with Crippen LogP contribution >= 0.6 is 23.3 Å². The first-order chi connectivity index (χ1) is 8.11. The number of carbonyl (C=O) groups excluding carboxylic acids is 1. The summed E-state index contributed by atoms with van der Waals surface area (Å²) in [5, 5.41) is 11.4. The van der Waals surface area contributed by atoms with Crippen LogP contribution < -0.4 is 14.8 Å². The van der Waals surface area contributed by atoms with Crippen LogP contribution in [0.5, 0.6) is 0 Å². The van der Waals surface area contributed by atoms with Gasteiger partial charge in [-0.25, -0.2) is 4.79 Å². The number of hydrogen-bond donors (Lipinski definition) is 2. The van der Waals surface area contributed by atoms with Gasteiger partial charge in [-0.2, -0.15) is 0 Å². The van der Waals surface area contributed by atoms with Gasteiger partial charge in [0.1, 0.15) is 14.2 Å². The minimum atomic E-state index is -0.605. The largest absolute Gasteiger partial charge is 0.466 e. The lowest BCUT2D eigenvalue weighted by Crippen LogP contribution is -2.21. The molecule has 0 saturated heterocycles. The third kappa shape index (κ3) is 2.34. The number of hydrogen-bond acceptors (Lipinski definition) is 8. The van der Waals surface area contributed by atoms with E-state index in [4.69, 9.17) is 5.41 Å². The molecule has 1 aliphatic rings. The quantitative estimate of drug-likeness (QED) is 0.534. The summed E-state index contributed by atoms with van der Waals surface area (Å²) < 4.78 is 8.64. The van der Waals surface area contributed by atoms with Crippen molar-refractivity contribution in [1.29, 1.82) is 5.41 Å². The van der Waals surface area contributed by atoms with E-state index < -0.39 is 11.5 Å². The molecule has 1 aliphatic heterocycles. The Labute approximate surface area is 103 Å². The number of carbonyl (C=O) groups is 1. The van der Waals surface area contributed by atoms with Crippen molar-refractivity contribution in [3.63, 3.8) is 0 Å². The van der Waals surface area contributed by atoms with E-state index >= 15 is 0 Å². The van der Waals surface area contributed by atoms with Gasteiger partial charge in [-0.05, 0) is 0 Å². The zero-order chi connectivity index (χ0) is 12.4. The van der Waals surface area contributed by atoms with Crippen molar-refractivity contribution in [3.8, 4) is 0 Å². The molecule has 0 saturated carbocycles. The molecule has 2 rings (SSSR count). The second-order valence-electron chi connectivity index (χ2n) is 2.87. The monoisotopic (exact) mass is 270 g/mol. The summed E-state index contributed by atoms with van der Waals surface area (Å²) in [6, 6.07) is 0. The molecule has 0 unspecified atom stereocenters. The third-order valence-corrected chi connectivity index (χ3v) is 3.38. The van der Waals surface area contributed by atoms with Crippen LogP contribution in [0.4, 0.5) is 0 Å². The van der Waals surface area contributed by atoms with E-state index in [1.165, 1.54) is 7.11 Å². The van der Waals surface area contributed by atoms with Gasteiger partial charge in [0.05, 0.1) is 19.1 Å². The van der Waals surface area contributed by atoms with Crippen LogP contribution in [-0.2, 0) is 9.53 Å². The van der Waals surface area contributed by atoms with Crippen LogP contribution in [-0.4, -0.2) is 23.1 Å². The molecule has 0 bridgehead atoms. The summed E-state index contributed by atoms with van der Waals surface area (Å²) in [7, 11) is 1.23. The fourth-order valence-electron chi connectivity index (χ4n) is 1.05. The lowest BCUT2D eigenvalue weighted by Gasteiger charge is -1.85. The number of thiazole rings is 1. The van der Waals surface area contributed by atoms with Crippen molar-refractivity contribution in [1.82, 2.24) is 4.98 Å². The lowest BCUT2D eigenvalue weighted by molar-refractivity contribution is -0.133. The Balaban J connectivity index is 2.63. The van der Waals surface area contributed by atoms with Crippen LogP contribution in [0, 0.1) is 5.41 Å². The molecule has 88 valence electrons. The molecular formula is C8H6N4O3S2. The number of aromatic amines is 1. The summed E-state index contributed by atoms with van der Waals surface area (Å²) in [6.07, 6.45) is 1.09. The summed E-state index contributed by atoms with van der Waals surface area (Å²) in [5.41, 5.74) is -0.107. The summed E-state index contributed by atoms with van der Waals surface area (Å²) in [4.78, 5) is 25.0. The van der Waals surface area contributed by atoms with Gasteiger partial charge in [-0.1, -0.05) is 0 Å². The molecule has 1 aromatic rings. The third-order valence-electron chi connectivity index (χ3n) is 1.82. The first-order valence-electron chi connectivity index (χ1n) is 4.32. The maximum absolute atomic E-state index is 11.5. The molecule has 9 heteroatoms. The number of aromatic nitrogens is 1. The fraction of sp³-hybridized carbons (Fsp3) is 0.125. The van der Waals surface area contributed by atoms with E-state index in [-0.39, 0.29) is 9.58 Å². The topological polar surface area (TPSA) is 108 Å². The highest BCUT2D eigenvalue weighted by molar-refractivity contribution is 8.14. The van der Waals surface area contributed by atoms with Crippen molar-refractivity contribution < 1.29 is 9.53 Å². The first-order valence-corrected chi connectivity index (χ1v) is 5.91. The van der Waals surface area contributed by atoms with Gasteiger partial charge in [0.15, 0.2) is 5.70 Å². The number of nitrogens with zero attached hydrogens (tertiary/aromatic N) is 2. The van der Waals surface area contributed by atoms with Crippen molar-refractivity contribution in [2.45, 2.75) is 0 Å². The predicted octanol–water partition coefficient (Wildman–Crippen LogP) is -0.411. The van der Waals surface area contributed by atoms with E-state index in [0.29, 0.717) is 10.4 Å². The molecule has 0 radical (unpaired) electrons. The molecular weight excluding hydrogens is 264 g/mol. The van der Waals surface area contributed by atoms with Gasteiger partial charge in [-0.3, -0.25) is 10.2 Å². The molecule has 0 aromatic carbocycles. The Hall–Kier alpha value is -1.74. The summed E-state index contributed by atoms with van der Waals surface area (Å²) >= 11 is 1.96. The summed E-state index contributed by atoms with van der Waals surface area (Å²) in [6.45, 7) is 0. The molecule has 0 spiro atoms. The van der Waals surface area contributed by atoms with Crippen LogP contribution in [0.1, 0.15) is 0 Å². The smallest absolute Gasteiger partial charge is 0.332 e. The zero-order valence-electron chi connectivity index (χ0n) is 8.51. The number of esters is 1. The van der Waals surface area contributed by atoms with Gasteiger partial charge >= 0.3 is 5.97 Å². The Bertz CT molecular complexity index is 684. The molecule has 1 aromatic heterocycles. The second kappa shape index (κ2) is 4.63. The maximum atomic E-state index is 11.5. The normalized spacial score (nSPS) is 18.9. The number of nitrogens with one attached hydrogen (secondary N) is 2. The van der Waals surface area contributed by atoms with Crippen LogP contribution in [0.25, 0.3) is 11.8 Å². The van der Waals surface area contributed by atoms with E-state index in [1.54, 1.807) is 0 Å². The Kier molecular flexibility index (Phi) is 3.20. The van der Waals surface area contributed by atoms with Gasteiger partial charge in [0.25, 0.3) is 5.56 Å². The maximum Gasteiger partial charge on any atom is 0.332 e. The predicted molar refractivity (Wildman–Crippen MR) is 64.3 cm³/mol. The standard InChI is InChI=1S/C8H6N4O3S2/c1-15-4(13)2-3-7(14)10-8(16-3)5-6(9)17-12-11-5/h2,9H,1H3,(H,10,14)/b3-2-,8-5+,9-6?. The minimum Gasteiger partial charge on any atom is -0.466 e. The van der Waals surface area contributed by atoms with Crippen LogP contribution in [0.15, 0.2) is 14.4 Å². The average Bonchev–Trinajstić information content (AvgIpc) is 2.86. The van der Waals surface area contributed by atoms with Gasteiger partial charge in [0, 0.05) is 6.08 Å². The molecule has 0 atom stereocenters. The number of H-pyrrole nitrogens is 1. The molecule has 17 heavy (non-hydrogen) atoms. The molecule has 7 nitrogen and oxygen atoms in total. The van der Waals surface area contributed by atoms with Gasteiger partial charge < -0.3 is 9.72 Å². The van der Waals surface area contributed by atoms with E-state index in [0.717, 1.165) is 29.4 Å². The summed E-state index contributed by atoms with van der Waals surface area (Å²) in [5.74, 6) is -0.605. The zero-order valence-corrected chi connectivity index (χ0v) is 10.1. The first kappa shape index (κ1) is 11.7.